The standard InChI is InChI=1S/C14H11BrF2N2O/c1-7-4-8(18)2-3-9(7)14(20)19-13-5-10(15)11(16)6-12(13)17/h2-6H,18H2,1H3,(H,19,20). The number of benzene rings is 2. The van der Waals surface area contributed by atoms with Gasteiger partial charge in [0.25, 0.3) is 5.91 Å². The minimum absolute atomic E-state index is 0.0724. The number of carbonyl (C=O) groups is 1. The fourth-order valence-corrected chi connectivity index (χ4v) is 2.09. The lowest BCUT2D eigenvalue weighted by Gasteiger charge is -2.10. The van der Waals surface area contributed by atoms with Crippen molar-refractivity contribution in [2.75, 3.05) is 11.1 Å². The molecule has 2 rings (SSSR count). The normalized spacial score (nSPS) is 10.4. The Morgan fingerprint density at radius 2 is 1.90 bits per heavy atom. The predicted molar refractivity (Wildman–Crippen MR) is 77.6 cm³/mol. The van der Waals surface area contributed by atoms with Crippen molar-refractivity contribution in [1.29, 1.82) is 0 Å². The van der Waals surface area contributed by atoms with Crippen molar-refractivity contribution < 1.29 is 13.6 Å². The molecule has 0 saturated heterocycles. The van der Waals surface area contributed by atoms with Crippen molar-refractivity contribution in [2.24, 2.45) is 0 Å². The van der Waals surface area contributed by atoms with Crippen LogP contribution in [0.2, 0.25) is 0 Å². The summed E-state index contributed by atoms with van der Waals surface area (Å²) in [4.78, 5) is 12.1. The van der Waals surface area contributed by atoms with E-state index in [0.29, 0.717) is 22.9 Å². The van der Waals surface area contributed by atoms with E-state index in [2.05, 4.69) is 21.2 Å². The summed E-state index contributed by atoms with van der Waals surface area (Å²) in [5.41, 5.74) is 7.08. The smallest absolute Gasteiger partial charge is 0.256 e. The number of nitrogen functional groups attached to an aromatic ring is 1. The molecule has 0 heterocycles. The van der Waals surface area contributed by atoms with Gasteiger partial charge in [-0.3, -0.25) is 4.79 Å². The van der Waals surface area contributed by atoms with Gasteiger partial charge in [0.05, 0.1) is 10.2 Å². The molecule has 6 heteroatoms. The Kier molecular flexibility index (Phi) is 4.04. The van der Waals surface area contributed by atoms with E-state index in [0.717, 1.165) is 0 Å². The second kappa shape index (κ2) is 5.58. The molecule has 3 N–H and O–H groups in total. The molecule has 0 bridgehead atoms. The van der Waals surface area contributed by atoms with Crippen LogP contribution in [0.4, 0.5) is 20.2 Å². The van der Waals surface area contributed by atoms with Gasteiger partial charge in [-0.2, -0.15) is 0 Å². The lowest BCUT2D eigenvalue weighted by molar-refractivity contribution is 0.102. The molecule has 2 aromatic rings. The predicted octanol–water partition coefficient (Wildman–Crippen LogP) is 3.87. The molecule has 0 atom stereocenters. The number of amides is 1. The van der Waals surface area contributed by atoms with Crippen LogP contribution in [0.25, 0.3) is 0 Å². The lowest BCUT2D eigenvalue weighted by atomic mass is 10.1. The summed E-state index contributed by atoms with van der Waals surface area (Å²) in [6.45, 7) is 1.72. The molecule has 104 valence electrons. The highest BCUT2D eigenvalue weighted by atomic mass is 79.9. The molecule has 3 nitrogen and oxygen atoms in total. The van der Waals surface area contributed by atoms with Gasteiger partial charge in [-0.05, 0) is 52.7 Å². The summed E-state index contributed by atoms with van der Waals surface area (Å²) in [6, 6.07) is 6.66. The quantitative estimate of drug-likeness (QED) is 0.644. The number of aryl methyl sites for hydroxylation is 1. The molecule has 0 aromatic heterocycles. The van der Waals surface area contributed by atoms with Gasteiger partial charge in [0, 0.05) is 17.3 Å². The van der Waals surface area contributed by atoms with Crippen LogP contribution in [0.5, 0.6) is 0 Å². The molecular formula is C14H11BrF2N2O. The number of nitrogens with two attached hydrogens (primary N) is 1. The Balaban J connectivity index is 2.30. The minimum Gasteiger partial charge on any atom is -0.399 e. The number of carbonyl (C=O) groups excluding carboxylic acids is 1. The highest BCUT2D eigenvalue weighted by molar-refractivity contribution is 9.10. The number of hydrogen-bond donors (Lipinski definition) is 2. The zero-order chi connectivity index (χ0) is 14.9. The SMILES string of the molecule is Cc1cc(N)ccc1C(=O)Nc1cc(Br)c(F)cc1F. The van der Waals surface area contributed by atoms with Crippen molar-refractivity contribution >= 4 is 33.2 Å². The molecule has 0 aliphatic carbocycles. The third-order valence-corrected chi connectivity index (χ3v) is 3.36. The topological polar surface area (TPSA) is 55.1 Å². The molecule has 2 aromatic carbocycles. The van der Waals surface area contributed by atoms with E-state index in [1.54, 1.807) is 25.1 Å². The summed E-state index contributed by atoms with van der Waals surface area (Å²) in [5.74, 6) is -2.06. The first-order chi connectivity index (χ1) is 9.38. The highest BCUT2D eigenvalue weighted by Crippen LogP contribution is 2.24. The zero-order valence-electron chi connectivity index (χ0n) is 10.5. The molecule has 0 saturated carbocycles. The molecule has 0 unspecified atom stereocenters. The average molecular weight is 341 g/mol. The zero-order valence-corrected chi connectivity index (χ0v) is 12.1. The van der Waals surface area contributed by atoms with Gasteiger partial charge in [-0.15, -0.1) is 0 Å². The number of halogens is 3. The maximum absolute atomic E-state index is 13.6. The van der Waals surface area contributed by atoms with Gasteiger partial charge in [0.2, 0.25) is 0 Å². The van der Waals surface area contributed by atoms with Crippen LogP contribution in [0.3, 0.4) is 0 Å². The molecule has 0 spiro atoms. The third-order valence-electron chi connectivity index (χ3n) is 2.75. The molecule has 20 heavy (non-hydrogen) atoms. The first-order valence-electron chi connectivity index (χ1n) is 5.70. The number of nitrogens with one attached hydrogen (secondary N) is 1. The number of hydrogen-bond acceptors (Lipinski definition) is 2. The van der Waals surface area contributed by atoms with Crippen molar-refractivity contribution in [2.45, 2.75) is 6.92 Å². The maximum Gasteiger partial charge on any atom is 0.256 e. The minimum atomic E-state index is -0.841. The van der Waals surface area contributed by atoms with Crippen LogP contribution in [0, 0.1) is 18.6 Å². The molecular weight excluding hydrogens is 330 g/mol. The first-order valence-corrected chi connectivity index (χ1v) is 6.50. The van der Waals surface area contributed by atoms with Crippen molar-refractivity contribution in [3.05, 3.63) is 57.6 Å². The lowest BCUT2D eigenvalue weighted by Crippen LogP contribution is -2.14. The second-order valence-corrected chi connectivity index (χ2v) is 5.13. The monoisotopic (exact) mass is 340 g/mol. The number of rotatable bonds is 2. The van der Waals surface area contributed by atoms with E-state index in [1.807, 2.05) is 0 Å². The van der Waals surface area contributed by atoms with Crippen LogP contribution in [-0.2, 0) is 0 Å². The van der Waals surface area contributed by atoms with Gasteiger partial charge in [-0.25, -0.2) is 8.78 Å². The highest BCUT2D eigenvalue weighted by Gasteiger charge is 2.14. The van der Waals surface area contributed by atoms with E-state index in [-0.39, 0.29) is 10.2 Å². The van der Waals surface area contributed by atoms with Crippen molar-refractivity contribution in [3.63, 3.8) is 0 Å². The summed E-state index contributed by atoms with van der Waals surface area (Å²) in [6.07, 6.45) is 0. The van der Waals surface area contributed by atoms with Crippen molar-refractivity contribution in [3.8, 4) is 0 Å². The Labute approximate surface area is 122 Å². The Morgan fingerprint density at radius 3 is 2.55 bits per heavy atom. The largest absolute Gasteiger partial charge is 0.399 e. The second-order valence-electron chi connectivity index (χ2n) is 4.27. The van der Waals surface area contributed by atoms with Gasteiger partial charge in [-0.1, -0.05) is 0 Å². The van der Waals surface area contributed by atoms with E-state index >= 15 is 0 Å². The summed E-state index contributed by atoms with van der Waals surface area (Å²) in [7, 11) is 0. The van der Waals surface area contributed by atoms with Crippen molar-refractivity contribution in [1.82, 2.24) is 0 Å². The fraction of sp³-hybridized carbons (Fsp3) is 0.0714. The van der Waals surface area contributed by atoms with Gasteiger partial charge in [0.1, 0.15) is 11.6 Å². The summed E-state index contributed by atoms with van der Waals surface area (Å²) >= 11 is 2.94. The molecule has 0 fully saturated rings. The summed E-state index contributed by atoms with van der Waals surface area (Å²) < 4.78 is 26.8. The third kappa shape index (κ3) is 2.96. The first kappa shape index (κ1) is 14.5. The van der Waals surface area contributed by atoms with Crippen LogP contribution < -0.4 is 11.1 Å². The Morgan fingerprint density at radius 1 is 1.20 bits per heavy atom. The van der Waals surface area contributed by atoms with Gasteiger partial charge in [0.15, 0.2) is 0 Å². The molecule has 0 aliphatic rings. The van der Waals surface area contributed by atoms with Crippen LogP contribution in [0.1, 0.15) is 15.9 Å². The van der Waals surface area contributed by atoms with Crippen LogP contribution >= 0.6 is 15.9 Å². The average Bonchev–Trinajstić information content (AvgIpc) is 2.35. The van der Waals surface area contributed by atoms with Crippen LogP contribution in [-0.4, -0.2) is 5.91 Å². The Hall–Kier alpha value is -1.95. The van der Waals surface area contributed by atoms with E-state index < -0.39 is 17.5 Å². The van der Waals surface area contributed by atoms with Gasteiger partial charge >= 0.3 is 0 Å². The maximum atomic E-state index is 13.6. The molecule has 0 aliphatic heterocycles. The Bertz CT molecular complexity index is 689. The van der Waals surface area contributed by atoms with E-state index in [9.17, 15) is 13.6 Å². The summed E-state index contributed by atoms with van der Waals surface area (Å²) in [5, 5.41) is 2.40. The molecule has 1 amide bonds. The van der Waals surface area contributed by atoms with Gasteiger partial charge < -0.3 is 11.1 Å². The number of anilines is 2. The van der Waals surface area contributed by atoms with E-state index in [1.165, 1.54) is 6.07 Å². The fourth-order valence-electron chi connectivity index (χ4n) is 1.75. The van der Waals surface area contributed by atoms with Crippen LogP contribution in [0.15, 0.2) is 34.8 Å². The van der Waals surface area contributed by atoms with E-state index in [4.69, 9.17) is 5.73 Å². The molecule has 0 radical (unpaired) electrons.